The minimum absolute atomic E-state index is 0.191. The number of aromatic carboxylic acids is 1. The number of aromatic nitrogens is 2. The fourth-order valence-electron chi connectivity index (χ4n) is 3.34. The van der Waals surface area contributed by atoms with Crippen LogP contribution in [0.3, 0.4) is 0 Å². The zero-order chi connectivity index (χ0) is 18.7. The highest BCUT2D eigenvalue weighted by Crippen LogP contribution is 2.25. The smallest absolute Gasteiger partial charge is 0.336 e. The summed E-state index contributed by atoms with van der Waals surface area (Å²) in [7, 11) is -3.18. The second-order valence-electron chi connectivity index (χ2n) is 6.58. The maximum atomic E-state index is 11.8. The van der Waals surface area contributed by atoms with E-state index in [0.717, 1.165) is 18.5 Å². The number of benzene rings is 1. The zero-order valence-corrected chi connectivity index (χ0v) is 15.3. The molecule has 1 aromatic carbocycles. The zero-order valence-electron chi connectivity index (χ0n) is 14.5. The molecule has 0 aliphatic carbocycles. The fourth-order valence-corrected chi connectivity index (χ4v) is 4.28. The molecule has 1 saturated heterocycles. The average molecular weight is 375 g/mol. The SMILES string of the molecule is CS(=O)(=O)N1CCCC(Cc2cc(-c3ccccc3C(=O)O)ncn2)C1. The molecule has 1 unspecified atom stereocenters. The Kier molecular flexibility index (Phi) is 5.33. The van der Waals surface area contributed by atoms with Crippen molar-refractivity contribution >= 4 is 16.0 Å². The molecule has 26 heavy (non-hydrogen) atoms. The van der Waals surface area contributed by atoms with E-state index in [1.165, 1.54) is 16.9 Å². The third-order valence-corrected chi connectivity index (χ3v) is 5.88. The maximum Gasteiger partial charge on any atom is 0.336 e. The molecule has 2 heterocycles. The van der Waals surface area contributed by atoms with E-state index in [4.69, 9.17) is 0 Å². The molecule has 0 bridgehead atoms. The Morgan fingerprint density at radius 1 is 1.31 bits per heavy atom. The molecule has 1 aromatic heterocycles. The van der Waals surface area contributed by atoms with Crippen molar-refractivity contribution in [2.75, 3.05) is 19.3 Å². The molecule has 0 amide bonds. The Labute approximate surface area is 152 Å². The first-order chi connectivity index (χ1) is 12.3. The topological polar surface area (TPSA) is 100 Å². The first kappa shape index (κ1) is 18.5. The molecular weight excluding hydrogens is 354 g/mol. The summed E-state index contributed by atoms with van der Waals surface area (Å²) in [5.41, 5.74) is 2.09. The van der Waals surface area contributed by atoms with Crippen LogP contribution in [0.1, 0.15) is 28.9 Å². The van der Waals surface area contributed by atoms with E-state index in [0.29, 0.717) is 30.8 Å². The molecule has 1 aliphatic heterocycles. The molecule has 8 heteroatoms. The molecular formula is C18H21N3O4S. The van der Waals surface area contributed by atoms with Crippen LogP contribution in [-0.2, 0) is 16.4 Å². The van der Waals surface area contributed by atoms with Gasteiger partial charge in [-0.05, 0) is 37.3 Å². The summed E-state index contributed by atoms with van der Waals surface area (Å²) in [5, 5.41) is 9.36. The highest BCUT2D eigenvalue weighted by Gasteiger charge is 2.26. The van der Waals surface area contributed by atoms with Crippen LogP contribution in [0.25, 0.3) is 11.3 Å². The molecule has 0 spiro atoms. The van der Waals surface area contributed by atoms with E-state index >= 15 is 0 Å². The molecule has 1 atom stereocenters. The third-order valence-electron chi connectivity index (χ3n) is 4.61. The number of carbonyl (C=O) groups is 1. The number of carboxylic acids is 1. The van der Waals surface area contributed by atoms with Gasteiger partial charge in [0.2, 0.25) is 10.0 Å². The molecule has 2 aromatic rings. The molecule has 0 radical (unpaired) electrons. The largest absolute Gasteiger partial charge is 0.478 e. The molecule has 3 rings (SSSR count). The van der Waals surface area contributed by atoms with Gasteiger partial charge in [0.15, 0.2) is 0 Å². The summed E-state index contributed by atoms with van der Waals surface area (Å²) in [6.45, 7) is 1.06. The van der Waals surface area contributed by atoms with Crippen molar-refractivity contribution in [3.8, 4) is 11.3 Å². The van der Waals surface area contributed by atoms with Gasteiger partial charge >= 0.3 is 5.97 Å². The standard InChI is InChI=1S/C18H21N3O4S/c1-26(24,25)21-8-4-5-13(11-21)9-14-10-17(20-12-19-14)15-6-2-3-7-16(15)18(22)23/h2-3,6-7,10,12-13H,4-5,8-9,11H2,1H3,(H,22,23). The van der Waals surface area contributed by atoms with E-state index in [1.54, 1.807) is 30.3 Å². The second-order valence-corrected chi connectivity index (χ2v) is 8.56. The van der Waals surface area contributed by atoms with Gasteiger partial charge in [0.25, 0.3) is 0 Å². The first-order valence-corrected chi connectivity index (χ1v) is 10.3. The normalized spacial score (nSPS) is 18.6. The Bertz CT molecular complexity index is 914. The Morgan fingerprint density at radius 3 is 2.81 bits per heavy atom. The van der Waals surface area contributed by atoms with Crippen LogP contribution in [0.5, 0.6) is 0 Å². The Morgan fingerprint density at radius 2 is 2.08 bits per heavy atom. The molecule has 0 saturated carbocycles. The monoisotopic (exact) mass is 375 g/mol. The lowest BCUT2D eigenvalue weighted by Crippen LogP contribution is -2.39. The fraction of sp³-hybridized carbons (Fsp3) is 0.389. The van der Waals surface area contributed by atoms with Gasteiger partial charge in [-0.1, -0.05) is 18.2 Å². The van der Waals surface area contributed by atoms with Crippen molar-refractivity contribution in [1.82, 2.24) is 14.3 Å². The van der Waals surface area contributed by atoms with Gasteiger partial charge in [-0.3, -0.25) is 0 Å². The number of hydrogen-bond acceptors (Lipinski definition) is 5. The lowest BCUT2D eigenvalue weighted by molar-refractivity contribution is 0.0697. The van der Waals surface area contributed by atoms with Crippen molar-refractivity contribution in [1.29, 1.82) is 0 Å². The molecule has 7 nitrogen and oxygen atoms in total. The number of hydrogen-bond donors (Lipinski definition) is 1. The number of sulfonamides is 1. The lowest BCUT2D eigenvalue weighted by Gasteiger charge is -2.30. The number of nitrogens with zero attached hydrogens (tertiary/aromatic N) is 3. The van der Waals surface area contributed by atoms with Crippen molar-refractivity contribution in [3.05, 3.63) is 47.9 Å². The van der Waals surface area contributed by atoms with Crippen LogP contribution in [0.15, 0.2) is 36.7 Å². The van der Waals surface area contributed by atoms with Gasteiger partial charge in [0.05, 0.1) is 17.5 Å². The lowest BCUT2D eigenvalue weighted by atomic mass is 9.94. The Balaban J connectivity index is 1.81. The quantitative estimate of drug-likeness (QED) is 0.858. The predicted molar refractivity (Wildman–Crippen MR) is 97.3 cm³/mol. The second kappa shape index (κ2) is 7.51. The highest BCUT2D eigenvalue weighted by atomic mass is 32.2. The van der Waals surface area contributed by atoms with Gasteiger partial charge in [0.1, 0.15) is 6.33 Å². The van der Waals surface area contributed by atoms with Crippen LogP contribution in [0.2, 0.25) is 0 Å². The highest BCUT2D eigenvalue weighted by molar-refractivity contribution is 7.88. The van der Waals surface area contributed by atoms with Gasteiger partial charge in [-0.25, -0.2) is 27.5 Å². The molecule has 1 N–H and O–H groups in total. The maximum absolute atomic E-state index is 11.8. The minimum atomic E-state index is -3.18. The van der Waals surface area contributed by atoms with Crippen molar-refractivity contribution in [3.63, 3.8) is 0 Å². The minimum Gasteiger partial charge on any atom is -0.478 e. The first-order valence-electron chi connectivity index (χ1n) is 8.43. The summed E-state index contributed by atoms with van der Waals surface area (Å²) >= 11 is 0. The third kappa shape index (κ3) is 4.25. The van der Waals surface area contributed by atoms with E-state index in [1.807, 2.05) is 0 Å². The van der Waals surface area contributed by atoms with Crippen LogP contribution in [0.4, 0.5) is 0 Å². The van der Waals surface area contributed by atoms with Crippen LogP contribution in [0, 0.1) is 5.92 Å². The summed E-state index contributed by atoms with van der Waals surface area (Å²) in [4.78, 5) is 19.9. The van der Waals surface area contributed by atoms with Crippen molar-refractivity contribution in [2.24, 2.45) is 5.92 Å². The van der Waals surface area contributed by atoms with Gasteiger partial charge in [-0.15, -0.1) is 0 Å². The van der Waals surface area contributed by atoms with E-state index in [9.17, 15) is 18.3 Å². The predicted octanol–water partition coefficient (Wildman–Crippen LogP) is 2.06. The van der Waals surface area contributed by atoms with Crippen LogP contribution < -0.4 is 0 Å². The van der Waals surface area contributed by atoms with E-state index in [2.05, 4.69) is 9.97 Å². The average Bonchev–Trinajstić information content (AvgIpc) is 2.61. The molecule has 1 fully saturated rings. The van der Waals surface area contributed by atoms with E-state index < -0.39 is 16.0 Å². The number of rotatable bonds is 5. The van der Waals surface area contributed by atoms with Crippen LogP contribution >= 0.6 is 0 Å². The van der Waals surface area contributed by atoms with Crippen LogP contribution in [-0.4, -0.2) is 53.1 Å². The summed E-state index contributed by atoms with van der Waals surface area (Å²) in [6, 6.07) is 8.51. The summed E-state index contributed by atoms with van der Waals surface area (Å²) in [6.07, 6.45) is 5.08. The molecule has 1 aliphatic rings. The van der Waals surface area contributed by atoms with Crippen molar-refractivity contribution < 1.29 is 18.3 Å². The van der Waals surface area contributed by atoms with Gasteiger partial charge < -0.3 is 5.11 Å². The van der Waals surface area contributed by atoms with E-state index in [-0.39, 0.29) is 11.5 Å². The summed E-state index contributed by atoms with van der Waals surface area (Å²) < 4.78 is 25.1. The number of piperidine rings is 1. The van der Waals surface area contributed by atoms with Gasteiger partial charge in [0, 0.05) is 24.3 Å². The van der Waals surface area contributed by atoms with Gasteiger partial charge in [-0.2, -0.15) is 0 Å². The number of carboxylic acid groups (broad SMARTS) is 1. The Hall–Kier alpha value is -2.32. The summed E-state index contributed by atoms with van der Waals surface area (Å²) in [5.74, 6) is -0.812. The van der Waals surface area contributed by atoms with Crippen molar-refractivity contribution in [2.45, 2.75) is 19.3 Å². The molecule has 138 valence electrons.